The number of nitrogens with one attached hydrogen (secondary N) is 1. The molecule has 1 aliphatic rings. The Kier molecular flexibility index (Phi) is 4.24. The van der Waals surface area contributed by atoms with Crippen LogP contribution in [0.1, 0.15) is 25.0 Å². The maximum Gasteiger partial charge on any atom is 0.316 e. The van der Waals surface area contributed by atoms with E-state index >= 15 is 0 Å². The zero-order chi connectivity index (χ0) is 18.1. The Morgan fingerprint density at radius 1 is 1.35 bits per heavy atom. The van der Waals surface area contributed by atoms with Gasteiger partial charge in [0.1, 0.15) is 17.6 Å². The number of aryl methyl sites for hydroxylation is 1. The molecular formula is C18H21N5O3. The molecule has 4 rings (SSSR count). The highest BCUT2D eigenvalue weighted by molar-refractivity contribution is 5.52. The molecule has 3 heterocycles. The molecule has 1 aliphatic heterocycles. The predicted octanol–water partition coefficient (Wildman–Crippen LogP) is 2.80. The van der Waals surface area contributed by atoms with Gasteiger partial charge in [0, 0.05) is 37.3 Å². The molecule has 0 spiro atoms. The maximum absolute atomic E-state index is 5.96. The molecular weight excluding hydrogens is 334 g/mol. The molecule has 0 radical (unpaired) electrons. The van der Waals surface area contributed by atoms with Crippen molar-refractivity contribution in [2.75, 3.05) is 11.9 Å². The molecule has 26 heavy (non-hydrogen) atoms. The van der Waals surface area contributed by atoms with Gasteiger partial charge in [0.25, 0.3) is 5.89 Å². The van der Waals surface area contributed by atoms with Gasteiger partial charge < -0.3 is 19.2 Å². The first kappa shape index (κ1) is 16.4. The van der Waals surface area contributed by atoms with E-state index in [4.69, 9.17) is 13.9 Å². The molecule has 0 aliphatic carbocycles. The summed E-state index contributed by atoms with van der Waals surface area (Å²) < 4.78 is 19.0. The predicted molar refractivity (Wildman–Crippen MR) is 95.2 cm³/mol. The summed E-state index contributed by atoms with van der Waals surface area (Å²) in [6.45, 7) is 5.17. The first-order chi connectivity index (χ1) is 12.6. The molecule has 0 saturated heterocycles. The van der Waals surface area contributed by atoms with Crippen LogP contribution in [0.2, 0.25) is 0 Å². The summed E-state index contributed by atoms with van der Waals surface area (Å²) in [6, 6.07) is 4.40. The number of anilines is 1. The summed E-state index contributed by atoms with van der Waals surface area (Å²) in [6.07, 6.45) is 4.56. The van der Waals surface area contributed by atoms with Crippen LogP contribution in [0.15, 0.2) is 28.9 Å². The summed E-state index contributed by atoms with van der Waals surface area (Å²) in [4.78, 5) is 0. The van der Waals surface area contributed by atoms with Gasteiger partial charge in [0.15, 0.2) is 0 Å². The number of benzene rings is 1. The average Bonchev–Trinajstić information content (AvgIpc) is 3.31. The minimum Gasteiger partial charge on any atom is -0.494 e. The number of hydrogen-bond donors (Lipinski definition) is 1. The van der Waals surface area contributed by atoms with E-state index in [-0.39, 0.29) is 6.10 Å². The van der Waals surface area contributed by atoms with Crippen LogP contribution >= 0.6 is 0 Å². The van der Waals surface area contributed by atoms with Crippen LogP contribution < -0.4 is 14.8 Å². The van der Waals surface area contributed by atoms with E-state index in [1.54, 1.807) is 10.9 Å². The van der Waals surface area contributed by atoms with Crippen LogP contribution in [0.25, 0.3) is 11.5 Å². The van der Waals surface area contributed by atoms with Crippen molar-refractivity contribution in [3.63, 3.8) is 0 Å². The van der Waals surface area contributed by atoms with Crippen LogP contribution in [-0.2, 0) is 20.0 Å². The second kappa shape index (κ2) is 6.70. The van der Waals surface area contributed by atoms with Crippen LogP contribution in [-0.4, -0.2) is 32.7 Å². The van der Waals surface area contributed by atoms with Gasteiger partial charge in [-0.05, 0) is 26.0 Å². The van der Waals surface area contributed by atoms with Crippen LogP contribution in [0.5, 0.6) is 11.5 Å². The van der Waals surface area contributed by atoms with E-state index in [1.165, 1.54) is 5.56 Å². The monoisotopic (exact) mass is 355 g/mol. The van der Waals surface area contributed by atoms with Gasteiger partial charge in [-0.1, -0.05) is 5.10 Å². The van der Waals surface area contributed by atoms with Crippen molar-refractivity contribution in [2.24, 2.45) is 7.05 Å². The number of ether oxygens (including phenoxy) is 2. The summed E-state index contributed by atoms with van der Waals surface area (Å²) in [5.41, 5.74) is 2.96. The van der Waals surface area contributed by atoms with Gasteiger partial charge >= 0.3 is 6.01 Å². The van der Waals surface area contributed by atoms with Crippen molar-refractivity contribution in [1.82, 2.24) is 20.0 Å². The van der Waals surface area contributed by atoms with E-state index in [1.807, 2.05) is 26.2 Å². The van der Waals surface area contributed by atoms with Crippen LogP contribution in [0.3, 0.4) is 0 Å². The standard InChI is InChI=1S/C18H21N5O3/c1-4-24-15-6-12-5-11(2)25-16(12)13(7-15)8-19-18-22-21-17(26-18)14-9-20-23(3)10-14/h6-7,9-11H,4-5,8H2,1-3H3,(H,19,22)/t11-/m0/s1. The van der Waals surface area contributed by atoms with Gasteiger partial charge in [-0.25, -0.2) is 0 Å². The Labute approximate surface area is 151 Å². The highest BCUT2D eigenvalue weighted by Crippen LogP contribution is 2.36. The molecule has 1 atom stereocenters. The molecule has 136 valence electrons. The first-order valence-corrected chi connectivity index (χ1v) is 8.64. The average molecular weight is 355 g/mol. The molecule has 1 aromatic carbocycles. The fourth-order valence-electron chi connectivity index (χ4n) is 3.07. The fraction of sp³-hybridized carbons (Fsp3) is 0.389. The largest absolute Gasteiger partial charge is 0.494 e. The number of aromatic nitrogens is 4. The van der Waals surface area contributed by atoms with Crippen molar-refractivity contribution < 1.29 is 13.9 Å². The lowest BCUT2D eigenvalue weighted by Crippen LogP contribution is -2.07. The number of hydrogen-bond acceptors (Lipinski definition) is 7. The van der Waals surface area contributed by atoms with Crippen molar-refractivity contribution >= 4 is 6.01 Å². The summed E-state index contributed by atoms with van der Waals surface area (Å²) in [7, 11) is 1.84. The molecule has 0 fully saturated rings. The maximum atomic E-state index is 5.96. The van der Waals surface area contributed by atoms with E-state index < -0.39 is 0 Å². The van der Waals surface area contributed by atoms with E-state index in [2.05, 4.69) is 33.6 Å². The molecule has 2 aromatic heterocycles. The topological polar surface area (TPSA) is 87.2 Å². The fourth-order valence-corrected chi connectivity index (χ4v) is 3.07. The Morgan fingerprint density at radius 2 is 2.23 bits per heavy atom. The number of rotatable bonds is 6. The minimum atomic E-state index is 0.168. The van der Waals surface area contributed by atoms with Gasteiger partial charge in [-0.3, -0.25) is 4.68 Å². The van der Waals surface area contributed by atoms with Gasteiger partial charge in [-0.2, -0.15) is 5.10 Å². The third-order valence-corrected chi connectivity index (χ3v) is 4.16. The molecule has 3 aromatic rings. The van der Waals surface area contributed by atoms with Crippen molar-refractivity contribution in [1.29, 1.82) is 0 Å². The van der Waals surface area contributed by atoms with Gasteiger partial charge in [0.05, 0.1) is 18.4 Å². The molecule has 0 unspecified atom stereocenters. The van der Waals surface area contributed by atoms with Crippen molar-refractivity contribution in [3.8, 4) is 23.0 Å². The Hall–Kier alpha value is -3.03. The summed E-state index contributed by atoms with van der Waals surface area (Å²) in [5.74, 6) is 2.20. The number of fused-ring (bicyclic) bond motifs is 1. The molecule has 0 saturated carbocycles. The van der Waals surface area contributed by atoms with Gasteiger partial charge in [-0.15, -0.1) is 5.10 Å². The third kappa shape index (κ3) is 3.22. The summed E-state index contributed by atoms with van der Waals surface area (Å²) >= 11 is 0. The third-order valence-electron chi connectivity index (χ3n) is 4.16. The van der Waals surface area contributed by atoms with Crippen LogP contribution in [0, 0.1) is 0 Å². The number of nitrogens with zero attached hydrogens (tertiary/aromatic N) is 4. The molecule has 0 bridgehead atoms. The lowest BCUT2D eigenvalue weighted by atomic mass is 10.1. The highest BCUT2D eigenvalue weighted by Gasteiger charge is 2.23. The Balaban J connectivity index is 1.52. The quantitative estimate of drug-likeness (QED) is 0.727. The molecule has 1 N–H and O–H groups in total. The Morgan fingerprint density at radius 3 is 3.00 bits per heavy atom. The molecule has 0 amide bonds. The SMILES string of the molecule is CCOc1cc(CNc2nnc(-c3cnn(C)c3)o2)c2c(c1)C[C@H](C)O2. The summed E-state index contributed by atoms with van der Waals surface area (Å²) in [5, 5.41) is 15.4. The normalized spacial score (nSPS) is 15.6. The second-order valence-corrected chi connectivity index (χ2v) is 6.30. The second-order valence-electron chi connectivity index (χ2n) is 6.30. The van der Waals surface area contributed by atoms with E-state index in [0.29, 0.717) is 25.1 Å². The smallest absolute Gasteiger partial charge is 0.316 e. The van der Waals surface area contributed by atoms with E-state index in [0.717, 1.165) is 29.0 Å². The first-order valence-electron chi connectivity index (χ1n) is 8.64. The zero-order valence-electron chi connectivity index (χ0n) is 15.0. The van der Waals surface area contributed by atoms with Crippen molar-refractivity contribution in [2.45, 2.75) is 32.9 Å². The minimum absolute atomic E-state index is 0.168. The molecule has 8 heteroatoms. The van der Waals surface area contributed by atoms with Crippen LogP contribution in [0.4, 0.5) is 6.01 Å². The Bertz CT molecular complexity index is 917. The molecule has 8 nitrogen and oxygen atoms in total. The highest BCUT2D eigenvalue weighted by atomic mass is 16.5. The van der Waals surface area contributed by atoms with E-state index in [9.17, 15) is 0 Å². The lowest BCUT2D eigenvalue weighted by Gasteiger charge is -2.12. The van der Waals surface area contributed by atoms with Gasteiger partial charge in [0.2, 0.25) is 0 Å². The lowest BCUT2D eigenvalue weighted by molar-refractivity contribution is 0.252. The van der Waals surface area contributed by atoms with Crippen molar-refractivity contribution in [3.05, 3.63) is 35.7 Å². The zero-order valence-corrected chi connectivity index (χ0v) is 15.0.